The molecule has 0 saturated carbocycles. The number of rotatable bonds is 4. The molecule has 102 valence electrons. The number of H-pyrrole nitrogens is 2. The predicted molar refractivity (Wildman–Crippen MR) is 64.8 cm³/mol. The minimum Gasteiger partial charge on any atom is -0.310 e. The van der Waals surface area contributed by atoms with Crippen LogP contribution in [-0.2, 0) is 31.2 Å². The van der Waals surface area contributed by atoms with Crippen LogP contribution in [0.4, 0.5) is 0 Å². The van der Waals surface area contributed by atoms with Crippen molar-refractivity contribution in [1.29, 1.82) is 0 Å². The molecule has 0 aliphatic heterocycles. The van der Waals surface area contributed by atoms with Gasteiger partial charge in [-0.2, -0.15) is 0 Å². The average Bonchev–Trinajstić information content (AvgIpc) is 2.06. The molecule has 1 rings (SSSR count). The smallest absolute Gasteiger partial charge is 0.310 e. The third kappa shape index (κ3) is 4.45. The molecule has 0 bridgehead atoms. The van der Waals surface area contributed by atoms with Crippen LogP contribution in [0.2, 0.25) is 0 Å². The van der Waals surface area contributed by atoms with Crippen LogP contribution in [0.3, 0.4) is 0 Å². The first-order valence-electron chi connectivity index (χ1n) is 4.68. The third-order valence-corrected chi connectivity index (χ3v) is 3.57. The van der Waals surface area contributed by atoms with E-state index < -0.39 is 42.4 Å². The zero-order chi connectivity index (χ0) is 14.1. The molecule has 0 spiro atoms. The number of nitrogens with one attached hydrogen (secondary N) is 2. The van der Waals surface area contributed by atoms with Crippen molar-refractivity contribution < 1.29 is 16.8 Å². The van der Waals surface area contributed by atoms with E-state index in [0.717, 1.165) is 12.5 Å². The maximum atomic E-state index is 11.5. The molecule has 10 heteroatoms. The monoisotopic (exact) mass is 296 g/mol. The molecule has 0 atom stereocenters. The van der Waals surface area contributed by atoms with Gasteiger partial charge in [0.05, 0.1) is 17.1 Å². The summed E-state index contributed by atoms with van der Waals surface area (Å²) >= 11 is 0. The minimum atomic E-state index is -3.53. The Kier molecular flexibility index (Phi) is 3.81. The molecule has 0 aromatic carbocycles. The van der Waals surface area contributed by atoms with Crippen LogP contribution in [0, 0.1) is 0 Å². The molecule has 1 heterocycles. The van der Waals surface area contributed by atoms with Crippen LogP contribution < -0.4 is 11.2 Å². The fraction of sp³-hybridized carbons (Fsp3) is 0.500. The van der Waals surface area contributed by atoms with E-state index in [1.54, 1.807) is 0 Å². The molecule has 2 N–H and O–H groups in total. The second kappa shape index (κ2) is 4.69. The van der Waals surface area contributed by atoms with Crippen molar-refractivity contribution in [1.82, 2.24) is 9.97 Å². The summed E-state index contributed by atoms with van der Waals surface area (Å²) in [4.78, 5) is 26.6. The second-order valence-electron chi connectivity index (χ2n) is 4.01. The quantitative estimate of drug-likeness (QED) is 0.670. The normalized spacial score (nSPS) is 12.6. The second-order valence-corrected chi connectivity index (χ2v) is 8.29. The lowest BCUT2D eigenvalue weighted by atomic mass is 10.3. The topological polar surface area (TPSA) is 134 Å². The number of hydrogen-bond donors (Lipinski definition) is 2. The zero-order valence-electron chi connectivity index (χ0n) is 9.68. The fourth-order valence-electron chi connectivity index (χ4n) is 1.36. The van der Waals surface area contributed by atoms with Gasteiger partial charge in [-0.25, -0.2) is 21.6 Å². The Hall–Kier alpha value is -1.42. The van der Waals surface area contributed by atoms with Crippen molar-refractivity contribution in [3.63, 3.8) is 0 Å². The lowest BCUT2D eigenvalue weighted by molar-refractivity contribution is 0.596. The molecule has 1 aromatic heterocycles. The Labute approximate surface area is 103 Å². The molecule has 18 heavy (non-hydrogen) atoms. The number of sulfone groups is 2. The van der Waals surface area contributed by atoms with Gasteiger partial charge in [-0.1, -0.05) is 0 Å². The van der Waals surface area contributed by atoms with Crippen molar-refractivity contribution in [2.24, 2.45) is 0 Å². The Morgan fingerprint density at radius 1 is 0.889 bits per heavy atom. The summed E-state index contributed by atoms with van der Waals surface area (Å²) in [6.45, 7) is 0. The first-order valence-corrected chi connectivity index (χ1v) is 8.80. The van der Waals surface area contributed by atoms with Crippen LogP contribution in [0.1, 0.15) is 11.3 Å². The highest BCUT2D eigenvalue weighted by Crippen LogP contribution is 2.07. The van der Waals surface area contributed by atoms with E-state index in [-0.39, 0.29) is 11.3 Å². The molecule has 0 aliphatic carbocycles. The molecule has 0 fully saturated rings. The van der Waals surface area contributed by atoms with Gasteiger partial charge in [-0.3, -0.25) is 9.78 Å². The van der Waals surface area contributed by atoms with Gasteiger partial charge in [0.2, 0.25) is 0 Å². The predicted octanol–water partition coefficient (Wildman–Crippen LogP) is -1.85. The molecule has 8 nitrogen and oxygen atoms in total. The Balaban J connectivity index is 3.49. The van der Waals surface area contributed by atoms with E-state index in [4.69, 9.17) is 0 Å². The SMILES string of the molecule is CS(=O)(=O)Cc1[nH]c(=O)[nH]c(=O)c1CS(C)(=O)=O. The highest BCUT2D eigenvalue weighted by Gasteiger charge is 2.17. The van der Waals surface area contributed by atoms with Gasteiger partial charge < -0.3 is 4.98 Å². The zero-order valence-corrected chi connectivity index (χ0v) is 11.3. The van der Waals surface area contributed by atoms with Crippen molar-refractivity contribution in [3.8, 4) is 0 Å². The van der Waals surface area contributed by atoms with Crippen LogP contribution in [-0.4, -0.2) is 39.3 Å². The Morgan fingerprint density at radius 2 is 1.39 bits per heavy atom. The largest absolute Gasteiger partial charge is 0.325 e. The summed E-state index contributed by atoms with van der Waals surface area (Å²) in [5.74, 6) is -1.24. The summed E-state index contributed by atoms with van der Waals surface area (Å²) in [5.41, 5.74) is -2.24. The summed E-state index contributed by atoms with van der Waals surface area (Å²) in [6, 6.07) is 0. The first-order chi connectivity index (χ1) is 7.98. The van der Waals surface area contributed by atoms with Gasteiger partial charge in [0.15, 0.2) is 19.7 Å². The van der Waals surface area contributed by atoms with Crippen molar-refractivity contribution >= 4 is 19.7 Å². The number of hydrogen-bond acceptors (Lipinski definition) is 6. The van der Waals surface area contributed by atoms with Crippen molar-refractivity contribution in [2.75, 3.05) is 12.5 Å². The average molecular weight is 296 g/mol. The summed E-state index contributed by atoms with van der Waals surface area (Å²) in [5, 5.41) is 0. The van der Waals surface area contributed by atoms with E-state index >= 15 is 0 Å². The maximum absolute atomic E-state index is 11.5. The highest BCUT2D eigenvalue weighted by atomic mass is 32.2. The molecule has 0 radical (unpaired) electrons. The van der Waals surface area contributed by atoms with E-state index in [9.17, 15) is 26.4 Å². The molecular formula is C8H12N2O6S2. The molecule has 0 saturated heterocycles. The number of aromatic amines is 2. The van der Waals surface area contributed by atoms with Gasteiger partial charge in [-0.15, -0.1) is 0 Å². The molecule has 0 aliphatic rings. The van der Waals surface area contributed by atoms with E-state index in [0.29, 0.717) is 0 Å². The summed E-state index contributed by atoms with van der Waals surface area (Å²) in [6.07, 6.45) is 1.82. The van der Waals surface area contributed by atoms with Gasteiger partial charge in [0.25, 0.3) is 5.56 Å². The lowest BCUT2D eigenvalue weighted by Gasteiger charge is -2.06. The highest BCUT2D eigenvalue weighted by molar-refractivity contribution is 7.90. The Morgan fingerprint density at radius 3 is 1.83 bits per heavy atom. The van der Waals surface area contributed by atoms with Crippen LogP contribution in [0.15, 0.2) is 9.59 Å². The molecule has 1 aromatic rings. The summed E-state index contributed by atoms with van der Waals surface area (Å²) in [7, 11) is -7.03. The van der Waals surface area contributed by atoms with Crippen molar-refractivity contribution in [3.05, 3.63) is 32.1 Å². The lowest BCUT2D eigenvalue weighted by Crippen LogP contribution is -2.30. The maximum Gasteiger partial charge on any atom is 0.325 e. The van der Waals surface area contributed by atoms with E-state index in [2.05, 4.69) is 4.98 Å². The van der Waals surface area contributed by atoms with Crippen molar-refractivity contribution in [2.45, 2.75) is 11.5 Å². The van der Waals surface area contributed by atoms with Crippen LogP contribution in [0.25, 0.3) is 0 Å². The van der Waals surface area contributed by atoms with Crippen LogP contribution in [0.5, 0.6) is 0 Å². The van der Waals surface area contributed by atoms with Gasteiger partial charge in [-0.05, 0) is 0 Å². The van der Waals surface area contributed by atoms with Crippen LogP contribution >= 0.6 is 0 Å². The minimum absolute atomic E-state index is 0.198. The number of aromatic nitrogens is 2. The Bertz CT molecular complexity index is 769. The van der Waals surface area contributed by atoms with E-state index in [1.165, 1.54) is 0 Å². The van der Waals surface area contributed by atoms with Gasteiger partial charge >= 0.3 is 5.69 Å². The third-order valence-electron chi connectivity index (χ3n) is 1.94. The molecule has 0 unspecified atom stereocenters. The van der Waals surface area contributed by atoms with Gasteiger partial charge in [0.1, 0.15) is 0 Å². The summed E-state index contributed by atoms with van der Waals surface area (Å²) < 4.78 is 44.6. The first kappa shape index (κ1) is 14.6. The molecular weight excluding hydrogens is 284 g/mol. The fourth-order valence-corrected chi connectivity index (χ4v) is 2.96. The van der Waals surface area contributed by atoms with E-state index in [1.807, 2.05) is 4.98 Å². The standard InChI is InChI=1S/C8H12N2O6S2/c1-17(13,14)3-5-6(4-18(2,15)16)9-8(12)10-7(5)11/h3-4H2,1-2H3,(H2,9,10,11,12). The van der Waals surface area contributed by atoms with Gasteiger partial charge in [0, 0.05) is 18.2 Å². The molecule has 0 amide bonds.